The standard InChI is InChI=1S/C33H29N5O2S2/c1-21-7-9-24(10-8-21)36-22(2)20-29(23(36)3)32-31(30-6-4-5-19-34-30)35-33(41)37(32)25-11-15-27(16-12-25)42-28-17-13-26(14-18-28)38(39)40/h4-20,31-32H,1-3H3,(H,35,41)/t31-,32+/m0/s1. The van der Waals surface area contributed by atoms with Crippen LogP contribution in [0.5, 0.6) is 0 Å². The number of benzene rings is 3. The van der Waals surface area contributed by atoms with Crippen molar-refractivity contribution in [2.75, 3.05) is 4.90 Å². The first-order valence-electron chi connectivity index (χ1n) is 13.6. The number of thiocarbonyl (C=S) groups is 1. The Morgan fingerprint density at radius 2 is 1.52 bits per heavy atom. The Labute approximate surface area is 254 Å². The van der Waals surface area contributed by atoms with Crippen molar-refractivity contribution in [3.8, 4) is 5.69 Å². The number of hydrogen-bond donors (Lipinski definition) is 1. The van der Waals surface area contributed by atoms with Crippen LogP contribution in [-0.4, -0.2) is 19.6 Å². The van der Waals surface area contributed by atoms with Crippen molar-refractivity contribution in [3.63, 3.8) is 0 Å². The van der Waals surface area contributed by atoms with Gasteiger partial charge in [-0.05, 0) is 105 Å². The molecule has 1 N–H and O–H groups in total. The van der Waals surface area contributed by atoms with E-state index in [0.717, 1.165) is 38.2 Å². The van der Waals surface area contributed by atoms with Crippen LogP contribution in [0.4, 0.5) is 11.4 Å². The highest BCUT2D eigenvalue weighted by atomic mass is 32.2. The van der Waals surface area contributed by atoms with Crippen LogP contribution in [0.2, 0.25) is 0 Å². The average Bonchev–Trinajstić information content (AvgIpc) is 3.49. The SMILES string of the molecule is Cc1ccc(-n2c(C)cc([C@@H]3[C@H](c4ccccn4)NC(=S)N3c3ccc(Sc4ccc([N+](=O)[O-])cc4)cc3)c2C)cc1. The van der Waals surface area contributed by atoms with Gasteiger partial charge in [-0.1, -0.05) is 35.5 Å². The Bertz CT molecular complexity index is 1750. The van der Waals surface area contributed by atoms with Crippen LogP contribution in [-0.2, 0) is 0 Å². The minimum atomic E-state index is -0.386. The molecule has 0 amide bonds. The van der Waals surface area contributed by atoms with Gasteiger partial charge in [0, 0.05) is 50.9 Å². The normalized spacial score (nSPS) is 16.5. The van der Waals surface area contributed by atoms with Crippen molar-refractivity contribution in [2.24, 2.45) is 0 Å². The summed E-state index contributed by atoms with van der Waals surface area (Å²) in [7, 11) is 0. The van der Waals surface area contributed by atoms with Crippen LogP contribution in [0.15, 0.2) is 113 Å². The predicted octanol–water partition coefficient (Wildman–Crippen LogP) is 8.03. The fraction of sp³-hybridized carbons (Fsp3) is 0.152. The quantitative estimate of drug-likeness (QED) is 0.117. The van der Waals surface area contributed by atoms with Gasteiger partial charge < -0.3 is 14.8 Å². The molecule has 1 aliphatic rings. The summed E-state index contributed by atoms with van der Waals surface area (Å²) in [5.41, 5.74) is 7.83. The Morgan fingerprint density at radius 3 is 2.14 bits per heavy atom. The number of nitro groups is 1. The summed E-state index contributed by atoms with van der Waals surface area (Å²) in [6.07, 6.45) is 1.82. The summed E-state index contributed by atoms with van der Waals surface area (Å²) in [6, 6.07) is 31.4. The molecule has 1 aliphatic heterocycles. The van der Waals surface area contributed by atoms with Gasteiger partial charge in [-0.15, -0.1) is 0 Å². The molecule has 2 atom stereocenters. The van der Waals surface area contributed by atoms with Gasteiger partial charge in [0.2, 0.25) is 0 Å². The second-order valence-electron chi connectivity index (χ2n) is 10.3. The summed E-state index contributed by atoms with van der Waals surface area (Å²) in [5.74, 6) is 0. The van der Waals surface area contributed by atoms with Crippen LogP contribution in [0.1, 0.15) is 40.3 Å². The zero-order valence-electron chi connectivity index (χ0n) is 23.4. The van der Waals surface area contributed by atoms with E-state index in [0.29, 0.717) is 5.11 Å². The van der Waals surface area contributed by atoms with Crippen LogP contribution in [0.25, 0.3) is 5.69 Å². The molecule has 0 radical (unpaired) electrons. The minimum Gasteiger partial charge on any atom is -0.351 e. The van der Waals surface area contributed by atoms with E-state index in [2.05, 4.69) is 90.2 Å². The molecule has 1 fully saturated rings. The van der Waals surface area contributed by atoms with Crippen molar-refractivity contribution >= 4 is 40.5 Å². The van der Waals surface area contributed by atoms with Crippen molar-refractivity contribution in [1.29, 1.82) is 0 Å². The van der Waals surface area contributed by atoms with E-state index in [1.54, 1.807) is 23.9 Å². The molecular weight excluding hydrogens is 563 g/mol. The topological polar surface area (TPSA) is 76.2 Å². The number of aryl methyl sites for hydroxylation is 2. The van der Waals surface area contributed by atoms with Gasteiger partial charge in [-0.3, -0.25) is 15.1 Å². The van der Waals surface area contributed by atoms with E-state index in [9.17, 15) is 10.1 Å². The molecule has 0 aliphatic carbocycles. The molecule has 0 bridgehead atoms. The van der Waals surface area contributed by atoms with Gasteiger partial charge in [0.1, 0.15) is 0 Å². The monoisotopic (exact) mass is 591 g/mol. The third-order valence-corrected chi connectivity index (χ3v) is 8.91. The lowest BCUT2D eigenvalue weighted by Gasteiger charge is -2.28. The molecule has 6 rings (SSSR count). The summed E-state index contributed by atoms with van der Waals surface area (Å²) < 4.78 is 2.30. The molecule has 0 spiro atoms. The van der Waals surface area contributed by atoms with Crippen molar-refractivity contribution in [1.82, 2.24) is 14.9 Å². The lowest BCUT2D eigenvalue weighted by Crippen LogP contribution is -2.29. The van der Waals surface area contributed by atoms with E-state index in [-0.39, 0.29) is 22.7 Å². The van der Waals surface area contributed by atoms with Crippen molar-refractivity contribution in [3.05, 3.63) is 142 Å². The molecule has 5 aromatic rings. The molecule has 2 aromatic heterocycles. The summed E-state index contributed by atoms with van der Waals surface area (Å²) in [5, 5.41) is 15.2. The van der Waals surface area contributed by atoms with Gasteiger partial charge in [0.15, 0.2) is 5.11 Å². The molecule has 3 heterocycles. The number of hydrogen-bond acceptors (Lipinski definition) is 5. The maximum Gasteiger partial charge on any atom is 0.269 e. The highest BCUT2D eigenvalue weighted by Crippen LogP contribution is 2.44. The van der Waals surface area contributed by atoms with Gasteiger partial charge in [-0.25, -0.2) is 0 Å². The van der Waals surface area contributed by atoms with Crippen LogP contribution < -0.4 is 10.2 Å². The molecule has 7 nitrogen and oxygen atoms in total. The molecular formula is C33H29N5O2S2. The highest BCUT2D eigenvalue weighted by Gasteiger charge is 2.42. The maximum absolute atomic E-state index is 11.0. The fourth-order valence-electron chi connectivity index (χ4n) is 5.57. The minimum absolute atomic E-state index is 0.0833. The third-order valence-electron chi connectivity index (χ3n) is 7.58. The predicted molar refractivity (Wildman–Crippen MR) is 172 cm³/mol. The largest absolute Gasteiger partial charge is 0.351 e. The lowest BCUT2D eigenvalue weighted by molar-refractivity contribution is -0.384. The number of anilines is 1. The maximum atomic E-state index is 11.0. The highest BCUT2D eigenvalue weighted by molar-refractivity contribution is 7.99. The number of non-ortho nitro benzene ring substituents is 1. The molecule has 0 unspecified atom stereocenters. The summed E-state index contributed by atoms with van der Waals surface area (Å²) in [4.78, 5) is 19.5. The number of rotatable bonds is 7. The van der Waals surface area contributed by atoms with Crippen LogP contribution in [0.3, 0.4) is 0 Å². The van der Waals surface area contributed by atoms with E-state index < -0.39 is 0 Å². The van der Waals surface area contributed by atoms with E-state index >= 15 is 0 Å². The molecule has 1 saturated heterocycles. The molecule has 210 valence electrons. The Balaban J connectivity index is 1.37. The van der Waals surface area contributed by atoms with Crippen LogP contribution in [0, 0.1) is 30.9 Å². The second-order valence-corrected chi connectivity index (χ2v) is 11.9. The van der Waals surface area contributed by atoms with Crippen LogP contribution >= 0.6 is 24.0 Å². The first-order chi connectivity index (χ1) is 20.3. The number of nitrogens with zero attached hydrogens (tertiary/aromatic N) is 4. The van der Waals surface area contributed by atoms with Crippen molar-refractivity contribution in [2.45, 2.75) is 42.6 Å². The van der Waals surface area contributed by atoms with E-state index in [1.165, 1.54) is 23.3 Å². The third kappa shape index (κ3) is 5.29. The number of aromatic nitrogens is 2. The molecule has 42 heavy (non-hydrogen) atoms. The average molecular weight is 592 g/mol. The summed E-state index contributed by atoms with van der Waals surface area (Å²) >= 11 is 7.52. The lowest BCUT2D eigenvalue weighted by atomic mass is 9.96. The van der Waals surface area contributed by atoms with E-state index in [1.807, 2.05) is 24.4 Å². The number of pyridine rings is 1. The van der Waals surface area contributed by atoms with Gasteiger partial charge in [0.05, 0.1) is 22.7 Å². The van der Waals surface area contributed by atoms with Gasteiger partial charge >= 0.3 is 0 Å². The fourth-order valence-corrected chi connectivity index (χ4v) is 6.74. The first kappa shape index (κ1) is 27.7. The number of nitrogens with one attached hydrogen (secondary N) is 1. The first-order valence-corrected chi connectivity index (χ1v) is 14.8. The van der Waals surface area contributed by atoms with Gasteiger partial charge in [0.25, 0.3) is 5.69 Å². The summed E-state index contributed by atoms with van der Waals surface area (Å²) in [6.45, 7) is 6.41. The number of nitro benzene ring substituents is 1. The van der Waals surface area contributed by atoms with Crippen molar-refractivity contribution < 1.29 is 4.92 Å². The van der Waals surface area contributed by atoms with Gasteiger partial charge in [-0.2, -0.15) is 0 Å². The van der Waals surface area contributed by atoms with E-state index in [4.69, 9.17) is 17.2 Å². The Kier molecular flexibility index (Phi) is 7.53. The molecule has 0 saturated carbocycles. The molecule has 3 aromatic carbocycles. The molecule has 9 heteroatoms. The smallest absolute Gasteiger partial charge is 0.269 e. The second kappa shape index (κ2) is 11.4. The zero-order chi connectivity index (χ0) is 29.4. The Morgan fingerprint density at radius 1 is 0.881 bits per heavy atom. The Hall–Kier alpha value is -4.47. The zero-order valence-corrected chi connectivity index (χ0v) is 25.0.